The fraction of sp³-hybridized carbons (Fsp3) is 0.600. The Morgan fingerprint density at radius 3 is 2.84 bits per heavy atom. The lowest BCUT2D eigenvalue weighted by molar-refractivity contribution is 0.477. The zero-order valence-corrected chi connectivity index (χ0v) is 12.5. The van der Waals surface area contributed by atoms with E-state index in [1.165, 1.54) is 6.07 Å². The quantitative estimate of drug-likeness (QED) is 0.846. The highest BCUT2D eigenvalue weighted by molar-refractivity contribution is 7.95. The van der Waals surface area contributed by atoms with Gasteiger partial charge in [-0.1, -0.05) is 6.92 Å². The summed E-state index contributed by atoms with van der Waals surface area (Å²) in [4.78, 5) is 0. The molecule has 1 aliphatic heterocycles. The average Bonchev–Trinajstić information content (AvgIpc) is 2.77. The van der Waals surface area contributed by atoms with E-state index >= 15 is 0 Å². The van der Waals surface area contributed by atoms with Crippen LogP contribution in [0.25, 0.3) is 0 Å². The Balaban J connectivity index is 2.68. The third kappa shape index (κ3) is 2.57. The van der Waals surface area contributed by atoms with E-state index < -0.39 is 38.0 Å². The molecule has 1 aliphatic rings. The maximum atomic E-state index is 12.5. The van der Waals surface area contributed by atoms with Gasteiger partial charge in [-0.05, 0) is 25.9 Å². The standard InChI is InChI=1S/C10H16N2O4S3/c1-3-12-8-4-6(2)18(13,14)10-7(8)5-9(17-10)19(11,15)16/h5-6,8,12H,3-4H2,1-2H3,(H2,11,15,16)/t6-,8-/m0/s1/i2D3. The molecule has 108 valence electrons. The molecule has 19 heavy (non-hydrogen) atoms. The van der Waals surface area contributed by atoms with Crippen LogP contribution in [0.5, 0.6) is 0 Å². The van der Waals surface area contributed by atoms with E-state index in [1.807, 2.05) is 0 Å². The van der Waals surface area contributed by atoms with Crippen LogP contribution in [0.2, 0.25) is 0 Å². The Labute approximate surface area is 121 Å². The van der Waals surface area contributed by atoms with E-state index in [1.54, 1.807) is 6.92 Å². The van der Waals surface area contributed by atoms with Crippen molar-refractivity contribution in [3.63, 3.8) is 0 Å². The van der Waals surface area contributed by atoms with Gasteiger partial charge in [-0.3, -0.25) is 0 Å². The van der Waals surface area contributed by atoms with E-state index in [-0.39, 0.29) is 20.4 Å². The molecule has 0 amide bonds. The predicted octanol–water partition coefficient (Wildman–Crippen LogP) is 0.612. The van der Waals surface area contributed by atoms with Gasteiger partial charge < -0.3 is 5.32 Å². The second-order valence-electron chi connectivity index (χ2n) is 4.23. The smallest absolute Gasteiger partial charge is 0.247 e. The van der Waals surface area contributed by atoms with Crippen molar-refractivity contribution in [3.8, 4) is 0 Å². The lowest BCUT2D eigenvalue weighted by atomic mass is 10.1. The number of primary sulfonamides is 1. The highest BCUT2D eigenvalue weighted by Gasteiger charge is 2.39. The van der Waals surface area contributed by atoms with Gasteiger partial charge >= 0.3 is 0 Å². The van der Waals surface area contributed by atoms with Crippen LogP contribution in [0.3, 0.4) is 0 Å². The topological polar surface area (TPSA) is 106 Å². The highest BCUT2D eigenvalue weighted by atomic mass is 32.3. The molecule has 1 aromatic heterocycles. The Bertz CT molecular complexity index is 783. The van der Waals surface area contributed by atoms with Gasteiger partial charge in [0.2, 0.25) is 10.0 Å². The van der Waals surface area contributed by atoms with Crippen LogP contribution < -0.4 is 10.5 Å². The molecule has 0 saturated heterocycles. The van der Waals surface area contributed by atoms with Gasteiger partial charge in [-0.2, -0.15) is 0 Å². The van der Waals surface area contributed by atoms with Gasteiger partial charge in [-0.15, -0.1) is 11.3 Å². The normalized spacial score (nSPS) is 29.1. The number of hydrogen-bond donors (Lipinski definition) is 2. The van der Waals surface area contributed by atoms with Gasteiger partial charge in [0, 0.05) is 15.7 Å². The largest absolute Gasteiger partial charge is 0.310 e. The lowest BCUT2D eigenvalue weighted by Gasteiger charge is -2.27. The third-order valence-electron chi connectivity index (χ3n) is 2.89. The van der Waals surface area contributed by atoms with E-state index in [0.717, 1.165) is 0 Å². The molecule has 2 atom stereocenters. The number of fused-ring (bicyclic) bond motifs is 1. The number of nitrogens with one attached hydrogen (secondary N) is 1. The molecular formula is C10H16N2O4S3. The molecule has 0 spiro atoms. The Morgan fingerprint density at radius 2 is 2.32 bits per heavy atom. The molecule has 2 rings (SSSR count). The summed E-state index contributed by atoms with van der Waals surface area (Å²) in [6, 6.07) is 0.677. The molecule has 0 aromatic carbocycles. The van der Waals surface area contributed by atoms with E-state index in [2.05, 4.69) is 5.32 Å². The minimum Gasteiger partial charge on any atom is -0.310 e. The highest BCUT2D eigenvalue weighted by Crippen LogP contribution is 2.42. The van der Waals surface area contributed by atoms with E-state index in [4.69, 9.17) is 9.25 Å². The van der Waals surface area contributed by atoms with Crippen LogP contribution in [0, 0.1) is 0 Å². The second-order valence-corrected chi connectivity index (χ2v) is 9.40. The summed E-state index contributed by atoms with van der Waals surface area (Å²) < 4.78 is 69.9. The molecule has 2 heterocycles. The Hall–Kier alpha value is -0.480. The summed E-state index contributed by atoms with van der Waals surface area (Å²) >= 11 is 0.508. The number of sulfonamides is 1. The molecule has 9 heteroatoms. The van der Waals surface area contributed by atoms with Gasteiger partial charge in [-0.25, -0.2) is 22.0 Å². The number of nitrogens with two attached hydrogens (primary N) is 1. The summed E-state index contributed by atoms with van der Waals surface area (Å²) in [5, 5.41) is 6.49. The summed E-state index contributed by atoms with van der Waals surface area (Å²) in [6.45, 7) is -0.408. The number of thiophene rings is 1. The van der Waals surface area contributed by atoms with Crippen molar-refractivity contribution < 1.29 is 20.9 Å². The van der Waals surface area contributed by atoms with Gasteiger partial charge in [0.15, 0.2) is 9.84 Å². The molecule has 0 saturated carbocycles. The predicted molar refractivity (Wildman–Crippen MR) is 73.4 cm³/mol. The number of sulfone groups is 1. The summed E-state index contributed by atoms with van der Waals surface area (Å²) in [6.07, 6.45) is -0.138. The zero-order valence-electron chi connectivity index (χ0n) is 13.1. The fourth-order valence-electron chi connectivity index (χ4n) is 2.01. The maximum absolute atomic E-state index is 12.5. The van der Waals surface area contributed by atoms with Crippen LogP contribution in [0.4, 0.5) is 0 Å². The van der Waals surface area contributed by atoms with Crippen LogP contribution in [0.15, 0.2) is 14.5 Å². The first-order valence-electron chi connectivity index (χ1n) is 7.03. The molecule has 0 unspecified atom stereocenters. The fourth-order valence-corrected chi connectivity index (χ4v) is 6.18. The van der Waals surface area contributed by atoms with Crippen LogP contribution in [0.1, 0.15) is 35.9 Å². The molecular weight excluding hydrogens is 308 g/mol. The molecule has 0 fully saturated rings. The first-order valence-corrected chi connectivity index (χ1v) is 9.43. The SMILES string of the molecule is [2H]C([2H])([2H])[C@H]1C[C@H](NCC)c2cc(S(N)(=O)=O)sc2S1(=O)=O. The van der Waals surface area contributed by atoms with Gasteiger partial charge in [0.1, 0.15) is 8.42 Å². The molecule has 3 N–H and O–H groups in total. The van der Waals surface area contributed by atoms with E-state index in [9.17, 15) is 16.8 Å². The van der Waals surface area contributed by atoms with Crippen molar-refractivity contribution in [2.24, 2.45) is 5.14 Å². The van der Waals surface area contributed by atoms with Crippen molar-refractivity contribution in [3.05, 3.63) is 11.6 Å². The number of hydrogen-bond acceptors (Lipinski definition) is 6. The van der Waals surface area contributed by atoms with Crippen LogP contribution in [-0.2, 0) is 19.9 Å². The van der Waals surface area contributed by atoms with Crippen molar-refractivity contribution >= 4 is 31.2 Å². The Morgan fingerprint density at radius 1 is 1.63 bits per heavy atom. The van der Waals surface area contributed by atoms with Gasteiger partial charge in [0.05, 0.1) is 5.25 Å². The van der Waals surface area contributed by atoms with Crippen molar-refractivity contribution in [1.29, 1.82) is 0 Å². The maximum Gasteiger partial charge on any atom is 0.247 e. The number of rotatable bonds is 3. The zero-order chi connectivity index (χ0) is 16.9. The van der Waals surface area contributed by atoms with Crippen molar-refractivity contribution in [2.75, 3.05) is 6.54 Å². The van der Waals surface area contributed by atoms with Crippen molar-refractivity contribution in [1.82, 2.24) is 5.32 Å². The summed E-state index contributed by atoms with van der Waals surface area (Å²) in [7, 11) is -8.19. The molecule has 1 aromatic rings. The molecule has 6 nitrogen and oxygen atoms in total. The molecule has 0 aliphatic carbocycles. The first-order chi connectivity index (χ1) is 9.89. The minimum atomic E-state index is -4.14. The minimum absolute atomic E-state index is 0.138. The third-order valence-corrected chi connectivity index (χ3v) is 7.90. The lowest BCUT2D eigenvalue weighted by Crippen LogP contribution is -2.33. The average molecular weight is 327 g/mol. The van der Waals surface area contributed by atoms with Crippen LogP contribution >= 0.6 is 11.3 Å². The second kappa shape index (κ2) is 4.81. The van der Waals surface area contributed by atoms with Crippen LogP contribution in [-0.4, -0.2) is 28.6 Å². The summed E-state index contributed by atoms with van der Waals surface area (Å²) in [5.74, 6) is 0. The monoisotopic (exact) mass is 327 g/mol. The Kier molecular flexibility index (Phi) is 2.84. The van der Waals surface area contributed by atoms with Crippen molar-refractivity contribution in [2.45, 2.75) is 39.9 Å². The summed E-state index contributed by atoms with van der Waals surface area (Å²) in [5.41, 5.74) is 0.274. The molecule has 0 bridgehead atoms. The van der Waals surface area contributed by atoms with E-state index in [0.29, 0.717) is 17.9 Å². The first kappa shape index (κ1) is 11.2. The van der Waals surface area contributed by atoms with Gasteiger partial charge in [0.25, 0.3) is 0 Å². The molecule has 0 radical (unpaired) electrons.